The van der Waals surface area contributed by atoms with E-state index in [1.807, 2.05) is 6.07 Å². The molecule has 1 aromatic carbocycles. The maximum Gasteiger partial charge on any atom is 0.227 e. The Balaban J connectivity index is 1.72. The number of rotatable bonds is 4. The van der Waals surface area contributed by atoms with E-state index >= 15 is 0 Å². The molecule has 2 atom stereocenters. The first-order valence-electron chi connectivity index (χ1n) is 8.66. The molecule has 1 fully saturated rings. The zero-order valence-electron chi connectivity index (χ0n) is 14.3. The summed E-state index contributed by atoms with van der Waals surface area (Å²) < 4.78 is 2.28. The van der Waals surface area contributed by atoms with Gasteiger partial charge < -0.3 is 15.2 Å². The van der Waals surface area contributed by atoms with Crippen LogP contribution in [0.5, 0.6) is 0 Å². The van der Waals surface area contributed by atoms with Gasteiger partial charge in [0.25, 0.3) is 0 Å². The van der Waals surface area contributed by atoms with Crippen molar-refractivity contribution in [3.8, 4) is 0 Å². The third kappa shape index (κ3) is 3.75. The maximum atomic E-state index is 12.5. The van der Waals surface area contributed by atoms with E-state index in [9.17, 15) is 4.79 Å². The van der Waals surface area contributed by atoms with E-state index in [4.69, 9.17) is 0 Å². The van der Waals surface area contributed by atoms with E-state index < -0.39 is 0 Å². The van der Waals surface area contributed by atoms with Gasteiger partial charge in [-0.3, -0.25) is 4.79 Å². The lowest BCUT2D eigenvalue weighted by Gasteiger charge is -2.27. The topological polar surface area (TPSA) is 46.1 Å². The molecule has 0 bridgehead atoms. The Kier molecular flexibility index (Phi) is 4.71. The van der Waals surface area contributed by atoms with Crippen LogP contribution in [0, 0.1) is 11.8 Å². The van der Waals surface area contributed by atoms with Crippen molar-refractivity contribution in [1.29, 1.82) is 0 Å². The van der Waals surface area contributed by atoms with Gasteiger partial charge in [0.05, 0.1) is 0 Å². The summed E-state index contributed by atoms with van der Waals surface area (Å²) in [5, 5.41) is 7.67. The molecule has 2 aromatic rings. The number of hydrogen-bond acceptors (Lipinski definition) is 2. The Hall–Kier alpha value is -1.81. The lowest BCUT2D eigenvalue weighted by atomic mass is 9.92. The fourth-order valence-electron chi connectivity index (χ4n) is 3.44. The van der Waals surface area contributed by atoms with E-state index in [0.29, 0.717) is 12.0 Å². The zero-order chi connectivity index (χ0) is 16.4. The SMILES string of the molecule is CC(C)Cn1ccc2cc(NC(=O)[C@H]3CCN[C@@H](C)C3)ccc21. The molecule has 0 saturated carbocycles. The Bertz CT molecular complexity index is 689. The largest absolute Gasteiger partial charge is 0.347 e. The summed E-state index contributed by atoms with van der Waals surface area (Å²) in [7, 11) is 0. The molecule has 1 aromatic heterocycles. The summed E-state index contributed by atoms with van der Waals surface area (Å²) in [6, 6.07) is 8.75. The Morgan fingerprint density at radius 2 is 2.22 bits per heavy atom. The van der Waals surface area contributed by atoms with Gasteiger partial charge in [-0.15, -0.1) is 0 Å². The first-order chi connectivity index (χ1) is 11.0. The third-order valence-corrected chi connectivity index (χ3v) is 4.59. The highest BCUT2D eigenvalue weighted by molar-refractivity contribution is 5.95. The summed E-state index contributed by atoms with van der Waals surface area (Å²) in [6.07, 6.45) is 3.97. The zero-order valence-corrected chi connectivity index (χ0v) is 14.3. The van der Waals surface area contributed by atoms with Crippen molar-refractivity contribution < 1.29 is 4.79 Å². The van der Waals surface area contributed by atoms with Gasteiger partial charge in [-0.05, 0) is 56.5 Å². The summed E-state index contributed by atoms with van der Waals surface area (Å²) >= 11 is 0. The minimum atomic E-state index is 0.118. The third-order valence-electron chi connectivity index (χ3n) is 4.59. The molecular weight excluding hydrogens is 286 g/mol. The normalized spacial score (nSPS) is 21.7. The van der Waals surface area contributed by atoms with Crippen LogP contribution in [0.1, 0.15) is 33.6 Å². The molecule has 1 saturated heterocycles. The van der Waals surface area contributed by atoms with Crippen molar-refractivity contribution in [1.82, 2.24) is 9.88 Å². The molecule has 0 spiro atoms. The van der Waals surface area contributed by atoms with Crippen molar-refractivity contribution in [3.63, 3.8) is 0 Å². The number of piperidine rings is 1. The molecule has 1 amide bonds. The smallest absolute Gasteiger partial charge is 0.227 e. The Labute approximate surface area is 138 Å². The second-order valence-electron chi connectivity index (χ2n) is 7.20. The molecule has 23 heavy (non-hydrogen) atoms. The number of nitrogens with zero attached hydrogens (tertiary/aromatic N) is 1. The standard InChI is InChI=1S/C19H27N3O/c1-13(2)12-22-9-7-15-11-17(4-5-18(15)22)21-19(23)16-6-8-20-14(3)10-16/h4-5,7,9,11,13-14,16,20H,6,8,10,12H2,1-3H3,(H,21,23)/t14-,16-/m0/s1. The molecule has 3 rings (SSSR count). The average Bonchev–Trinajstić information content (AvgIpc) is 2.89. The number of carbonyl (C=O) groups excluding carboxylic acids is 1. The lowest BCUT2D eigenvalue weighted by molar-refractivity contribution is -0.120. The second-order valence-corrected chi connectivity index (χ2v) is 7.20. The van der Waals surface area contributed by atoms with Crippen molar-refractivity contribution >= 4 is 22.5 Å². The predicted octanol–water partition coefficient (Wildman–Crippen LogP) is 3.62. The molecule has 2 N–H and O–H groups in total. The van der Waals surface area contributed by atoms with Gasteiger partial charge in [-0.1, -0.05) is 13.8 Å². The van der Waals surface area contributed by atoms with E-state index in [-0.39, 0.29) is 11.8 Å². The van der Waals surface area contributed by atoms with Crippen LogP contribution < -0.4 is 10.6 Å². The molecule has 0 radical (unpaired) electrons. The van der Waals surface area contributed by atoms with Gasteiger partial charge in [0, 0.05) is 41.3 Å². The number of amides is 1. The molecule has 0 aliphatic carbocycles. The fraction of sp³-hybridized carbons (Fsp3) is 0.526. The van der Waals surface area contributed by atoms with Gasteiger partial charge in [-0.2, -0.15) is 0 Å². The van der Waals surface area contributed by atoms with Crippen LogP contribution in [-0.4, -0.2) is 23.1 Å². The molecule has 0 unspecified atom stereocenters. The van der Waals surface area contributed by atoms with Crippen LogP contribution in [0.3, 0.4) is 0 Å². The number of fused-ring (bicyclic) bond motifs is 1. The first-order valence-corrected chi connectivity index (χ1v) is 8.66. The average molecular weight is 313 g/mol. The minimum Gasteiger partial charge on any atom is -0.347 e. The van der Waals surface area contributed by atoms with Crippen molar-refractivity contribution in [3.05, 3.63) is 30.5 Å². The predicted molar refractivity (Wildman–Crippen MR) is 95.6 cm³/mol. The maximum absolute atomic E-state index is 12.5. The summed E-state index contributed by atoms with van der Waals surface area (Å²) in [4.78, 5) is 12.5. The van der Waals surface area contributed by atoms with Crippen LogP contribution in [-0.2, 0) is 11.3 Å². The quantitative estimate of drug-likeness (QED) is 0.905. The highest BCUT2D eigenvalue weighted by Crippen LogP contribution is 2.23. The van der Waals surface area contributed by atoms with Gasteiger partial charge in [0.2, 0.25) is 5.91 Å². The molecule has 1 aliphatic rings. The molecule has 2 heterocycles. The lowest BCUT2D eigenvalue weighted by Crippen LogP contribution is -2.40. The molecule has 4 heteroatoms. The summed E-state index contributed by atoms with van der Waals surface area (Å²) in [5.74, 6) is 0.888. The fourth-order valence-corrected chi connectivity index (χ4v) is 3.44. The monoisotopic (exact) mass is 313 g/mol. The number of benzene rings is 1. The summed E-state index contributed by atoms with van der Waals surface area (Å²) in [5.41, 5.74) is 2.13. The van der Waals surface area contributed by atoms with Crippen LogP contribution in [0.25, 0.3) is 10.9 Å². The van der Waals surface area contributed by atoms with Crippen LogP contribution >= 0.6 is 0 Å². The van der Waals surface area contributed by atoms with E-state index in [1.165, 1.54) is 10.9 Å². The minimum absolute atomic E-state index is 0.118. The summed E-state index contributed by atoms with van der Waals surface area (Å²) in [6.45, 7) is 8.53. The number of anilines is 1. The number of aromatic nitrogens is 1. The molecule has 1 aliphatic heterocycles. The Morgan fingerprint density at radius 3 is 2.96 bits per heavy atom. The molecule has 124 valence electrons. The van der Waals surface area contributed by atoms with Crippen LogP contribution in [0.4, 0.5) is 5.69 Å². The van der Waals surface area contributed by atoms with E-state index in [2.05, 4.69) is 60.4 Å². The first kappa shape index (κ1) is 16.1. The molecule has 4 nitrogen and oxygen atoms in total. The van der Waals surface area contributed by atoms with E-state index in [1.54, 1.807) is 0 Å². The number of hydrogen-bond donors (Lipinski definition) is 2. The van der Waals surface area contributed by atoms with Gasteiger partial charge in [-0.25, -0.2) is 0 Å². The number of nitrogens with one attached hydrogen (secondary N) is 2. The highest BCUT2D eigenvalue weighted by atomic mass is 16.1. The van der Waals surface area contributed by atoms with Crippen LogP contribution in [0.2, 0.25) is 0 Å². The van der Waals surface area contributed by atoms with Gasteiger partial charge >= 0.3 is 0 Å². The van der Waals surface area contributed by atoms with Crippen molar-refractivity contribution in [2.75, 3.05) is 11.9 Å². The van der Waals surface area contributed by atoms with Gasteiger partial charge in [0.1, 0.15) is 0 Å². The second kappa shape index (κ2) is 6.75. The highest BCUT2D eigenvalue weighted by Gasteiger charge is 2.24. The Morgan fingerprint density at radius 1 is 1.39 bits per heavy atom. The van der Waals surface area contributed by atoms with Crippen LogP contribution in [0.15, 0.2) is 30.5 Å². The van der Waals surface area contributed by atoms with Gasteiger partial charge in [0.15, 0.2) is 0 Å². The van der Waals surface area contributed by atoms with Crippen molar-refractivity contribution in [2.45, 2.75) is 46.2 Å². The number of carbonyl (C=O) groups is 1. The molecular formula is C19H27N3O. The van der Waals surface area contributed by atoms with Crippen molar-refractivity contribution in [2.24, 2.45) is 11.8 Å². The van der Waals surface area contributed by atoms with E-state index in [0.717, 1.165) is 31.6 Å².